The van der Waals surface area contributed by atoms with Crippen molar-refractivity contribution >= 4 is 5.69 Å². The lowest BCUT2D eigenvalue weighted by Crippen LogP contribution is -2.30. The maximum absolute atomic E-state index is 5.69. The standard InChI is InChI=1S/C15H20N4/c1-19(2)14-8-5-6-12(10-14)15(18-16)11-13-7-3-4-9-17-13/h3-10,15,18H,11,16H2,1-2H3. The van der Waals surface area contributed by atoms with Gasteiger partial charge in [0, 0.05) is 38.1 Å². The highest BCUT2D eigenvalue weighted by atomic mass is 15.2. The minimum absolute atomic E-state index is 0.0646. The molecule has 0 aliphatic heterocycles. The van der Waals surface area contributed by atoms with Gasteiger partial charge in [0.1, 0.15) is 0 Å². The van der Waals surface area contributed by atoms with Crippen LogP contribution in [0.2, 0.25) is 0 Å². The third kappa shape index (κ3) is 3.53. The molecule has 0 amide bonds. The van der Waals surface area contributed by atoms with Crippen molar-refractivity contribution in [1.29, 1.82) is 0 Å². The third-order valence-corrected chi connectivity index (χ3v) is 3.13. The summed E-state index contributed by atoms with van der Waals surface area (Å²) in [5, 5.41) is 0. The van der Waals surface area contributed by atoms with Crippen LogP contribution in [0.4, 0.5) is 5.69 Å². The summed E-state index contributed by atoms with van der Waals surface area (Å²) in [5.41, 5.74) is 6.23. The first-order chi connectivity index (χ1) is 9.20. The minimum Gasteiger partial charge on any atom is -0.378 e. The van der Waals surface area contributed by atoms with Crippen LogP contribution in [0.5, 0.6) is 0 Å². The molecule has 1 aromatic heterocycles. The van der Waals surface area contributed by atoms with Crippen molar-refractivity contribution in [1.82, 2.24) is 10.4 Å². The fourth-order valence-electron chi connectivity index (χ4n) is 2.02. The highest BCUT2D eigenvalue weighted by molar-refractivity contribution is 5.48. The van der Waals surface area contributed by atoms with Crippen molar-refractivity contribution in [2.24, 2.45) is 5.84 Å². The summed E-state index contributed by atoms with van der Waals surface area (Å²) in [7, 11) is 4.06. The molecule has 0 spiro atoms. The molecule has 0 fully saturated rings. The number of nitrogens with zero attached hydrogens (tertiary/aromatic N) is 2. The molecule has 0 bridgehead atoms. The lowest BCUT2D eigenvalue weighted by molar-refractivity contribution is 0.546. The molecule has 0 aliphatic rings. The number of pyridine rings is 1. The Bertz CT molecular complexity index is 511. The summed E-state index contributed by atoms with van der Waals surface area (Å²) in [5.74, 6) is 5.69. The maximum atomic E-state index is 5.69. The van der Waals surface area contributed by atoms with Gasteiger partial charge in [0.25, 0.3) is 0 Å². The second-order valence-electron chi connectivity index (χ2n) is 4.73. The van der Waals surface area contributed by atoms with Crippen LogP contribution in [0.1, 0.15) is 17.3 Å². The molecule has 2 aromatic rings. The molecular weight excluding hydrogens is 236 g/mol. The highest BCUT2D eigenvalue weighted by Gasteiger charge is 2.12. The van der Waals surface area contributed by atoms with E-state index in [1.807, 2.05) is 38.4 Å². The zero-order chi connectivity index (χ0) is 13.7. The smallest absolute Gasteiger partial charge is 0.0516 e. The maximum Gasteiger partial charge on any atom is 0.0516 e. The first-order valence-corrected chi connectivity index (χ1v) is 6.34. The Morgan fingerprint density at radius 3 is 2.68 bits per heavy atom. The Morgan fingerprint density at radius 1 is 1.21 bits per heavy atom. The molecule has 1 heterocycles. The van der Waals surface area contributed by atoms with Gasteiger partial charge in [-0.05, 0) is 29.8 Å². The molecule has 1 atom stereocenters. The second kappa shape index (κ2) is 6.31. The summed E-state index contributed by atoms with van der Waals surface area (Å²) in [6.45, 7) is 0. The van der Waals surface area contributed by atoms with Crippen molar-refractivity contribution in [2.75, 3.05) is 19.0 Å². The Kier molecular flexibility index (Phi) is 4.49. The fraction of sp³-hybridized carbons (Fsp3) is 0.267. The third-order valence-electron chi connectivity index (χ3n) is 3.13. The van der Waals surface area contributed by atoms with Gasteiger partial charge in [-0.25, -0.2) is 0 Å². The van der Waals surface area contributed by atoms with E-state index < -0.39 is 0 Å². The topological polar surface area (TPSA) is 54.2 Å². The van der Waals surface area contributed by atoms with Gasteiger partial charge < -0.3 is 4.90 Å². The minimum atomic E-state index is 0.0646. The lowest BCUT2D eigenvalue weighted by atomic mass is 10.0. The normalized spacial score (nSPS) is 12.2. The monoisotopic (exact) mass is 256 g/mol. The van der Waals surface area contributed by atoms with Gasteiger partial charge >= 0.3 is 0 Å². The first kappa shape index (κ1) is 13.5. The van der Waals surface area contributed by atoms with Crippen molar-refractivity contribution < 1.29 is 0 Å². The van der Waals surface area contributed by atoms with Gasteiger partial charge in [0.05, 0.1) is 6.04 Å². The number of rotatable bonds is 5. The quantitative estimate of drug-likeness (QED) is 0.633. The van der Waals surface area contributed by atoms with Crippen molar-refractivity contribution in [2.45, 2.75) is 12.5 Å². The van der Waals surface area contributed by atoms with Crippen LogP contribution in [-0.2, 0) is 6.42 Å². The second-order valence-corrected chi connectivity index (χ2v) is 4.73. The summed E-state index contributed by atoms with van der Waals surface area (Å²) in [4.78, 5) is 6.42. The average molecular weight is 256 g/mol. The zero-order valence-electron chi connectivity index (χ0n) is 11.4. The largest absolute Gasteiger partial charge is 0.378 e. The van der Waals surface area contributed by atoms with Crippen molar-refractivity contribution in [3.8, 4) is 0 Å². The van der Waals surface area contributed by atoms with E-state index in [1.54, 1.807) is 6.20 Å². The lowest BCUT2D eigenvalue weighted by Gasteiger charge is -2.19. The van der Waals surface area contributed by atoms with Gasteiger partial charge in [0.15, 0.2) is 0 Å². The van der Waals surface area contributed by atoms with Gasteiger partial charge in [0.2, 0.25) is 0 Å². The molecule has 1 aromatic carbocycles. The molecule has 0 aliphatic carbocycles. The van der Waals surface area contributed by atoms with Gasteiger partial charge in [-0.2, -0.15) is 0 Å². The van der Waals surface area contributed by atoms with E-state index in [2.05, 4.69) is 33.5 Å². The van der Waals surface area contributed by atoms with E-state index >= 15 is 0 Å². The Hall–Kier alpha value is -1.91. The number of hydrazine groups is 1. The van der Waals surface area contributed by atoms with E-state index in [0.717, 1.165) is 12.1 Å². The van der Waals surface area contributed by atoms with Crippen LogP contribution in [0.15, 0.2) is 48.7 Å². The summed E-state index contributed by atoms with van der Waals surface area (Å²) in [6.07, 6.45) is 2.58. The molecule has 19 heavy (non-hydrogen) atoms. The molecule has 0 saturated carbocycles. The van der Waals surface area contributed by atoms with E-state index in [-0.39, 0.29) is 6.04 Å². The fourth-order valence-corrected chi connectivity index (χ4v) is 2.02. The molecule has 2 rings (SSSR count). The zero-order valence-corrected chi connectivity index (χ0v) is 11.4. The van der Waals surface area contributed by atoms with Gasteiger partial charge in [-0.15, -0.1) is 0 Å². The van der Waals surface area contributed by atoms with Crippen LogP contribution in [0.25, 0.3) is 0 Å². The Morgan fingerprint density at radius 2 is 2.05 bits per heavy atom. The summed E-state index contributed by atoms with van der Waals surface area (Å²) < 4.78 is 0. The Labute approximate surface area is 114 Å². The molecule has 3 N–H and O–H groups in total. The van der Waals surface area contributed by atoms with Crippen molar-refractivity contribution in [3.63, 3.8) is 0 Å². The Balaban J connectivity index is 2.20. The number of hydrogen-bond donors (Lipinski definition) is 2. The van der Waals surface area contributed by atoms with Crippen LogP contribution >= 0.6 is 0 Å². The molecule has 0 saturated heterocycles. The van der Waals surface area contributed by atoms with Crippen molar-refractivity contribution in [3.05, 3.63) is 59.9 Å². The van der Waals surface area contributed by atoms with E-state index in [0.29, 0.717) is 0 Å². The number of hydrogen-bond acceptors (Lipinski definition) is 4. The molecule has 4 nitrogen and oxygen atoms in total. The van der Waals surface area contributed by atoms with Gasteiger partial charge in [-0.3, -0.25) is 16.3 Å². The average Bonchev–Trinajstić information content (AvgIpc) is 2.46. The van der Waals surface area contributed by atoms with Crippen LogP contribution in [0, 0.1) is 0 Å². The highest BCUT2D eigenvalue weighted by Crippen LogP contribution is 2.21. The molecule has 1 unspecified atom stereocenters. The van der Waals surface area contributed by atoms with E-state index in [4.69, 9.17) is 5.84 Å². The van der Waals surface area contributed by atoms with Gasteiger partial charge in [-0.1, -0.05) is 18.2 Å². The van der Waals surface area contributed by atoms with Crippen LogP contribution in [0.3, 0.4) is 0 Å². The van der Waals surface area contributed by atoms with E-state index in [9.17, 15) is 0 Å². The molecule has 0 radical (unpaired) electrons. The summed E-state index contributed by atoms with van der Waals surface area (Å²) in [6, 6.07) is 14.3. The number of nitrogens with one attached hydrogen (secondary N) is 1. The predicted octanol–water partition coefficient (Wildman–Crippen LogP) is 1.89. The molecule has 4 heteroatoms. The number of nitrogens with two attached hydrogens (primary N) is 1. The first-order valence-electron chi connectivity index (χ1n) is 6.34. The number of benzene rings is 1. The number of aromatic nitrogens is 1. The van der Waals surface area contributed by atoms with E-state index in [1.165, 1.54) is 11.3 Å². The van der Waals surface area contributed by atoms with Crippen LogP contribution < -0.4 is 16.2 Å². The number of anilines is 1. The predicted molar refractivity (Wildman–Crippen MR) is 78.8 cm³/mol. The molecule has 100 valence electrons. The summed E-state index contributed by atoms with van der Waals surface area (Å²) >= 11 is 0. The molecular formula is C15H20N4. The SMILES string of the molecule is CN(C)c1cccc(C(Cc2ccccn2)NN)c1. The van der Waals surface area contributed by atoms with Crippen LogP contribution in [-0.4, -0.2) is 19.1 Å².